The van der Waals surface area contributed by atoms with Crippen molar-refractivity contribution in [3.8, 4) is 0 Å². The molecule has 78 valence electrons. The van der Waals surface area contributed by atoms with E-state index in [1.807, 2.05) is 0 Å². The van der Waals surface area contributed by atoms with E-state index in [9.17, 15) is 0 Å². The third kappa shape index (κ3) is 1.46. The summed E-state index contributed by atoms with van der Waals surface area (Å²) in [5.41, 5.74) is 4.28. The lowest BCUT2D eigenvalue weighted by molar-refractivity contribution is 0.300. The van der Waals surface area contributed by atoms with Crippen molar-refractivity contribution >= 4 is 0 Å². The summed E-state index contributed by atoms with van der Waals surface area (Å²) in [6.07, 6.45) is 2.24. The largest absolute Gasteiger partial charge is 0.300 e. The molecule has 0 spiro atoms. The van der Waals surface area contributed by atoms with Crippen LogP contribution < -0.4 is 0 Å². The van der Waals surface area contributed by atoms with Crippen molar-refractivity contribution < 1.29 is 0 Å². The summed E-state index contributed by atoms with van der Waals surface area (Å²) < 4.78 is 2.17. The number of aryl methyl sites for hydroxylation is 2. The lowest BCUT2D eigenvalue weighted by Gasteiger charge is -2.23. The fraction of sp³-hybridized carbons (Fsp3) is 0.727. The van der Waals surface area contributed by atoms with E-state index in [1.165, 1.54) is 29.9 Å². The minimum Gasteiger partial charge on any atom is -0.300 e. The Hall–Kier alpha value is -0.830. The van der Waals surface area contributed by atoms with Gasteiger partial charge in [-0.05, 0) is 32.4 Å². The van der Waals surface area contributed by atoms with Gasteiger partial charge in [-0.2, -0.15) is 5.10 Å². The van der Waals surface area contributed by atoms with Crippen LogP contribution in [0.1, 0.15) is 30.8 Å². The molecule has 0 aromatic carbocycles. The summed E-state index contributed by atoms with van der Waals surface area (Å²) in [5, 5.41) is 4.65. The summed E-state index contributed by atoms with van der Waals surface area (Å²) >= 11 is 0. The number of hydrogen-bond donors (Lipinski definition) is 0. The molecule has 0 saturated heterocycles. The standard InChI is InChI=1S/C11H19N3/c1-4-10-9-6-7-13(3)8-11(9)14(5-2)12-10/h4-8H2,1-3H3. The highest BCUT2D eigenvalue weighted by Gasteiger charge is 2.21. The third-order valence-corrected chi connectivity index (χ3v) is 3.05. The van der Waals surface area contributed by atoms with Gasteiger partial charge in [0, 0.05) is 19.6 Å². The van der Waals surface area contributed by atoms with Crippen LogP contribution in [-0.4, -0.2) is 28.3 Å². The first-order valence-corrected chi connectivity index (χ1v) is 5.52. The van der Waals surface area contributed by atoms with Crippen LogP contribution in [0.2, 0.25) is 0 Å². The maximum absolute atomic E-state index is 4.65. The highest BCUT2D eigenvalue weighted by atomic mass is 15.3. The monoisotopic (exact) mass is 193 g/mol. The van der Waals surface area contributed by atoms with E-state index in [2.05, 4.69) is 35.6 Å². The fourth-order valence-corrected chi connectivity index (χ4v) is 2.24. The van der Waals surface area contributed by atoms with Crippen molar-refractivity contribution in [2.45, 2.75) is 39.8 Å². The second kappa shape index (κ2) is 3.73. The molecule has 3 heteroatoms. The zero-order valence-corrected chi connectivity index (χ0v) is 9.38. The molecule has 1 aromatic rings. The first kappa shape index (κ1) is 9.71. The molecule has 14 heavy (non-hydrogen) atoms. The lowest BCUT2D eigenvalue weighted by atomic mass is 10.0. The SMILES string of the molecule is CCc1nn(CC)c2c1CCN(C)C2. The normalized spacial score (nSPS) is 17.1. The maximum Gasteiger partial charge on any atom is 0.0657 e. The molecule has 0 radical (unpaired) electrons. The Bertz CT molecular complexity index is 328. The lowest BCUT2D eigenvalue weighted by Crippen LogP contribution is -2.28. The molecule has 0 atom stereocenters. The highest BCUT2D eigenvalue weighted by molar-refractivity contribution is 5.28. The molecule has 0 bridgehead atoms. The zero-order chi connectivity index (χ0) is 10.1. The van der Waals surface area contributed by atoms with Gasteiger partial charge in [0.05, 0.1) is 11.4 Å². The van der Waals surface area contributed by atoms with E-state index in [0.717, 1.165) is 19.5 Å². The average Bonchev–Trinajstić information content (AvgIpc) is 2.55. The number of nitrogens with zero attached hydrogens (tertiary/aromatic N) is 3. The van der Waals surface area contributed by atoms with Gasteiger partial charge in [-0.15, -0.1) is 0 Å². The molecular formula is C11H19N3. The number of aromatic nitrogens is 2. The summed E-state index contributed by atoms with van der Waals surface area (Å²) in [6.45, 7) is 7.60. The molecule has 1 aliphatic rings. The van der Waals surface area contributed by atoms with Crippen LogP contribution in [0.15, 0.2) is 0 Å². The van der Waals surface area contributed by atoms with E-state index in [0.29, 0.717) is 0 Å². The molecular weight excluding hydrogens is 174 g/mol. The summed E-state index contributed by atoms with van der Waals surface area (Å²) in [4.78, 5) is 2.37. The smallest absolute Gasteiger partial charge is 0.0657 e. The van der Waals surface area contributed by atoms with Crippen molar-refractivity contribution in [1.29, 1.82) is 0 Å². The Morgan fingerprint density at radius 1 is 1.36 bits per heavy atom. The Morgan fingerprint density at radius 3 is 2.79 bits per heavy atom. The topological polar surface area (TPSA) is 21.1 Å². The second-order valence-corrected chi connectivity index (χ2v) is 4.03. The van der Waals surface area contributed by atoms with Crippen LogP contribution in [-0.2, 0) is 25.9 Å². The summed E-state index contributed by atoms with van der Waals surface area (Å²) in [6, 6.07) is 0. The number of rotatable bonds is 2. The number of likely N-dealkylation sites (N-methyl/N-ethyl adjacent to an activating group) is 1. The molecule has 0 amide bonds. The van der Waals surface area contributed by atoms with E-state index in [4.69, 9.17) is 0 Å². The third-order valence-electron chi connectivity index (χ3n) is 3.05. The minimum atomic E-state index is 0.996. The van der Waals surface area contributed by atoms with E-state index < -0.39 is 0 Å². The zero-order valence-electron chi connectivity index (χ0n) is 9.38. The molecule has 0 N–H and O–H groups in total. The van der Waals surface area contributed by atoms with Gasteiger partial charge in [0.2, 0.25) is 0 Å². The van der Waals surface area contributed by atoms with Crippen molar-refractivity contribution in [3.05, 3.63) is 17.0 Å². The molecule has 0 fully saturated rings. The van der Waals surface area contributed by atoms with Crippen LogP contribution in [0.3, 0.4) is 0 Å². The Balaban J connectivity index is 2.42. The average molecular weight is 193 g/mol. The summed E-state index contributed by atoms with van der Waals surface area (Å²) in [5.74, 6) is 0. The van der Waals surface area contributed by atoms with Crippen LogP contribution in [0.4, 0.5) is 0 Å². The highest BCUT2D eigenvalue weighted by Crippen LogP contribution is 2.21. The van der Waals surface area contributed by atoms with Gasteiger partial charge in [-0.1, -0.05) is 6.92 Å². The minimum absolute atomic E-state index is 0.996. The fourth-order valence-electron chi connectivity index (χ4n) is 2.24. The van der Waals surface area contributed by atoms with Gasteiger partial charge in [0.15, 0.2) is 0 Å². The Morgan fingerprint density at radius 2 is 2.14 bits per heavy atom. The Kier molecular flexibility index (Phi) is 2.59. The molecule has 1 aliphatic heterocycles. The first-order valence-electron chi connectivity index (χ1n) is 5.52. The predicted molar refractivity (Wildman–Crippen MR) is 57.3 cm³/mol. The van der Waals surface area contributed by atoms with Crippen molar-refractivity contribution in [2.24, 2.45) is 0 Å². The quantitative estimate of drug-likeness (QED) is 0.709. The van der Waals surface area contributed by atoms with Crippen LogP contribution in [0, 0.1) is 0 Å². The first-order chi connectivity index (χ1) is 6.76. The van der Waals surface area contributed by atoms with Gasteiger partial charge in [-0.3, -0.25) is 4.68 Å². The van der Waals surface area contributed by atoms with Crippen molar-refractivity contribution in [2.75, 3.05) is 13.6 Å². The molecule has 3 nitrogen and oxygen atoms in total. The van der Waals surface area contributed by atoms with E-state index >= 15 is 0 Å². The molecule has 0 aliphatic carbocycles. The van der Waals surface area contributed by atoms with E-state index in [1.54, 1.807) is 0 Å². The van der Waals surface area contributed by atoms with Crippen molar-refractivity contribution in [1.82, 2.24) is 14.7 Å². The molecule has 2 rings (SSSR count). The molecule has 1 aromatic heterocycles. The van der Waals surface area contributed by atoms with Gasteiger partial charge in [-0.25, -0.2) is 0 Å². The second-order valence-electron chi connectivity index (χ2n) is 4.03. The Labute approximate surface area is 85.7 Å². The molecule has 0 unspecified atom stereocenters. The van der Waals surface area contributed by atoms with Gasteiger partial charge in [0.1, 0.15) is 0 Å². The van der Waals surface area contributed by atoms with Crippen LogP contribution in [0.5, 0.6) is 0 Å². The summed E-state index contributed by atoms with van der Waals surface area (Å²) in [7, 11) is 2.18. The van der Waals surface area contributed by atoms with Crippen molar-refractivity contribution in [3.63, 3.8) is 0 Å². The number of fused-ring (bicyclic) bond motifs is 1. The van der Waals surface area contributed by atoms with Gasteiger partial charge < -0.3 is 4.90 Å². The van der Waals surface area contributed by atoms with E-state index in [-0.39, 0.29) is 0 Å². The number of hydrogen-bond acceptors (Lipinski definition) is 2. The molecule has 2 heterocycles. The van der Waals surface area contributed by atoms with Crippen LogP contribution >= 0.6 is 0 Å². The predicted octanol–water partition coefficient (Wildman–Crippen LogP) is 1.45. The maximum atomic E-state index is 4.65. The van der Waals surface area contributed by atoms with Gasteiger partial charge in [0.25, 0.3) is 0 Å². The van der Waals surface area contributed by atoms with Gasteiger partial charge >= 0.3 is 0 Å². The van der Waals surface area contributed by atoms with Crippen LogP contribution in [0.25, 0.3) is 0 Å². The molecule has 0 saturated carbocycles.